The van der Waals surface area contributed by atoms with Crippen molar-refractivity contribution in [2.75, 3.05) is 11.9 Å². The Morgan fingerprint density at radius 3 is 1.36 bits per heavy atom. The van der Waals surface area contributed by atoms with Crippen LogP contribution in [0.2, 0.25) is 0 Å². The molecule has 0 fully saturated rings. The van der Waals surface area contributed by atoms with Gasteiger partial charge in [-0.2, -0.15) is 0 Å². The van der Waals surface area contributed by atoms with Crippen molar-refractivity contribution in [3.8, 4) is 0 Å². The van der Waals surface area contributed by atoms with E-state index in [2.05, 4.69) is 98.6 Å². The molecule has 0 bridgehead atoms. The van der Waals surface area contributed by atoms with Gasteiger partial charge in [-0.3, -0.25) is 0 Å². The van der Waals surface area contributed by atoms with Crippen LogP contribution in [0.25, 0.3) is 21.5 Å². The molecule has 0 saturated carbocycles. The Morgan fingerprint density at radius 2 is 0.960 bits per heavy atom. The van der Waals surface area contributed by atoms with Crippen LogP contribution >= 0.6 is 0 Å². The number of hydrogen-bond acceptors (Lipinski definition) is 1. The minimum absolute atomic E-state index is 0.0226. The Bertz CT molecular complexity index is 1050. The molecule has 0 amide bonds. The van der Waals surface area contributed by atoms with E-state index >= 15 is 0 Å². The van der Waals surface area contributed by atoms with Gasteiger partial charge in [0.25, 0.3) is 0 Å². The van der Waals surface area contributed by atoms with E-state index in [0.29, 0.717) is 0 Å². The third-order valence-corrected chi connectivity index (χ3v) is 5.80. The summed E-state index contributed by atoms with van der Waals surface area (Å²) in [6.45, 7) is 4.70. The highest BCUT2D eigenvalue weighted by molar-refractivity contribution is 5.95. The van der Waals surface area contributed by atoms with E-state index in [0.717, 1.165) is 0 Å². The molecule has 1 heteroatoms. The minimum atomic E-state index is -0.0226. The van der Waals surface area contributed by atoms with Crippen molar-refractivity contribution in [3.63, 3.8) is 0 Å². The maximum atomic E-state index is 2.37. The second kappa shape index (κ2) is 4.86. The Balaban J connectivity index is 1.86. The molecule has 0 unspecified atom stereocenters. The van der Waals surface area contributed by atoms with Crippen molar-refractivity contribution in [3.05, 3.63) is 83.9 Å². The van der Waals surface area contributed by atoms with Crippen LogP contribution in [-0.4, -0.2) is 7.05 Å². The summed E-state index contributed by atoms with van der Waals surface area (Å²) in [4.78, 5) is 2.36. The number of fused-ring (bicyclic) bond motifs is 4. The highest BCUT2D eigenvalue weighted by atomic mass is 15.1. The molecule has 0 radical (unpaired) electrons. The van der Waals surface area contributed by atoms with E-state index in [1.165, 1.54) is 44.0 Å². The summed E-state index contributed by atoms with van der Waals surface area (Å²) >= 11 is 0. The molecule has 0 aromatic heterocycles. The van der Waals surface area contributed by atoms with E-state index < -0.39 is 0 Å². The lowest BCUT2D eigenvalue weighted by atomic mass is 9.72. The average Bonchev–Trinajstić information content (AvgIpc) is 2.64. The molecule has 122 valence electrons. The fourth-order valence-corrected chi connectivity index (χ4v) is 4.29. The summed E-state index contributed by atoms with van der Waals surface area (Å²) in [5.41, 5.74) is 5.40. The van der Waals surface area contributed by atoms with Crippen LogP contribution in [0.5, 0.6) is 0 Å². The third kappa shape index (κ3) is 1.96. The zero-order valence-electron chi connectivity index (χ0n) is 14.9. The van der Waals surface area contributed by atoms with Gasteiger partial charge in [-0.1, -0.05) is 62.4 Å². The molecule has 0 N–H and O–H groups in total. The second-order valence-corrected chi connectivity index (χ2v) is 7.62. The molecule has 1 nitrogen and oxygen atoms in total. The Kier molecular flexibility index (Phi) is 2.82. The van der Waals surface area contributed by atoms with Crippen LogP contribution in [0.1, 0.15) is 25.0 Å². The fourth-order valence-electron chi connectivity index (χ4n) is 4.29. The first-order valence-corrected chi connectivity index (χ1v) is 8.86. The molecule has 0 aliphatic carbocycles. The summed E-state index contributed by atoms with van der Waals surface area (Å²) in [7, 11) is 2.19. The smallest absolute Gasteiger partial charge is 0.0456 e. The van der Waals surface area contributed by atoms with Gasteiger partial charge in [-0.25, -0.2) is 0 Å². The molecule has 4 aromatic rings. The van der Waals surface area contributed by atoms with Crippen LogP contribution in [-0.2, 0) is 5.41 Å². The lowest BCUT2D eigenvalue weighted by molar-refractivity contribution is 0.631. The van der Waals surface area contributed by atoms with E-state index in [9.17, 15) is 0 Å². The van der Waals surface area contributed by atoms with Crippen molar-refractivity contribution in [2.45, 2.75) is 19.3 Å². The zero-order chi connectivity index (χ0) is 17.2. The van der Waals surface area contributed by atoms with Crippen LogP contribution in [0.3, 0.4) is 0 Å². The van der Waals surface area contributed by atoms with Gasteiger partial charge in [0.15, 0.2) is 0 Å². The van der Waals surface area contributed by atoms with Gasteiger partial charge >= 0.3 is 0 Å². The standard InChI is InChI=1S/C24H21N/c1-24(2)20-12-16-8-4-6-10-18(16)14-22(20)25(3)23-15-19-11-7-5-9-17(19)13-21(23)24/h4-15H,1-3H3. The summed E-state index contributed by atoms with van der Waals surface area (Å²) in [6.07, 6.45) is 0. The molecule has 5 rings (SSSR count). The molecule has 1 aliphatic rings. The quantitative estimate of drug-likeness (QED) is 0.362. The number of anilines is 2. The molecule has 0 saturated heterocycles. The Labute approximate surface area is 148 Å². The SMILES string of the molecule is CN1c2cc3ccccc3cc2C(C)(C)c2cc3ccccc3cc21. The highest BCUT2D eigenvalue weighted by Crippen LogP contribution is 2.50. The Hall–Kier alpha value is -2.80. The van der Waals surface area contributed by atoms with E-state index in [1.807, 2.05) is 0 Å². The zero-order valence-corrected chi connectivity index (χ0v) is 14.9. The molecule has 25 heavy (non-hydrogen) atoms. The van der Waals surface area contributed by atoms with Gasteiger partial charge < -0.3 is 4.90 Å². The molecule has 0 spiro atoms. The molecular formula is C24H21N. The van der Waals surface area contributed by atoms with Gasteiger partial charge in [-0.15, -0.1) is 0 Å². The Morgan fingerprint density at radius 1 is 0.600 bits per heavy atom. The lowest BCUT2D eigenvalue weighted by Gasteiger charge is -2.41. The van der Waals surface area contributed by atoms with E-state index in [-0.39, 0.29) is 5.41 Å². The predicted octanol–water partition coefficient (Wildman–Crippen LogP) is 6.40. The van der Waals surface area contributed by atoms with Crippen molar-refractivity contribution >= 4 is 32.9 Å². The van der Waals surface area contributed by atoms with E-state index in [1.54, 1.807) is 0 Å². The summed E-state index contributed by atoms with van der Waals surface area (Å²) in [6, 6.07) is 26.7. The van der Waals surface area contributed by atoms with Gasteiger partial charge in [0.2, 0.25) is 0 Å². The predicted molar refractivity (Wildman–Crippen MR) is 108 cm³/mol. The maximum absolute atomic E-state index is 2.37. The number of nitrogens with zero attached hydrogens (tertiary/aromatic N) is 1. The number of hydrogen-bond donors (Lipinski definition) is 0. The topological polar surface area (TPSA) is 3.24 Å². The fraction of sp³-hybridized carbons (Fsp3) is 0.167. The molecule has 4 aromatic carbocycles. The van der Waals surface area contributed by atoms with Gasteiger partial charge in [0, 0.05) is 23.8 Å². The van der Waals surface area contributed by atoms with Crippen molar-refractivity contribution in [1.82, 2.24) is 0 Å². The average molecular weight is 323 g/mol. The van der Waals surface area contributed by atoms with Gasteiger partial charge in [-0.05, 0) is 56.9 Å². The van der Waals surface area contributed by atoms with Crippen LogP contribution in [0, 0.1) is 0 Å². The number of benzene rings is 4. The third-order valence-electron chi connectivity index (χ3n) is 5.80. The monoisotopic (exact) mass is 323 g/mol. The van der Waals surface area contributed by atoms with Gasteiger partial charge in [0.05, 0.1) is 0 Å². The molecule has 0 atom stereocenters. The maximum Gasteiger partial charge on any atom is 0.0456 e. The van der Waals surface area contributed by atoms with Gasteiger partial charge in [0.1, 0.15) is 0 Å². The van der Waals surface area contributed by atoms with Crippen LogP contribution < -0.4 is 4.90 Å². The normalized spacial score (nSPS) is 15.2. The summed E-state index contributed by atoms with van der Waals surface area (Å²) < 4.78 is 0. The number of rotatable bonds is 0. The van der Waals surface area contributed by atoms with Crippen molar-refractivity contribution in [1.29, 1.82) is 0 Å². The van der Waals surface area contributed by atoms with Crippen LogP contribution in [0.4, 0.5) is 11.4 Å². The molecular weight excluding hydrogens is 302 g/mol. The minimum Gasteiger partial charge on any atom is -0.344 e. The van der Waals surface area contributed by atoms with Crippen LogP contribution in [0.15, 0.2) is 72.8 Å². The highest BCUT2D eigenvalue weighted by Gasteiger charge is 2.35. The second-order valence-electron chi connectivity index (χ2n) is 7.62. The summed E-state index contributed by atoms with van der Waals surface area (Å²) in [5, 5.41) is 5.22. The van der Waals surface area contributed by atoms with E-state index in [4.69, 9.17) is 0 Å². The first kappa shape index (κ1) is 14.5. The molecule has 1 heterocycles. The molecule has 1 aliphatic heterocycles. The lowest BCUT2D eigenvalue weighted by Crippen LogP contribution is -2.30. The van der Waals surface area contributed by atoms with Crippen molar-refractivity contribution in [2.24, 2.45) is 0 Å². The largest absolute Gasteiger partial charge is 0.344 e. The summed E-state index contributed by atoms with van der Waals surface area (Å²) in [5.74, 6) is 0. The first-order valence-electron chi connectivity index (χ1n) is 8.86. The first-order chi connectivity index (χ1) is 12.1. The van der Waals surface area contributed by atoms with Crippen molar-refractivity contribution < 1.29 is 0 Å².